The minimum Gasteiger partial charge on any atom is -0.365 e. The molecule has 1 saturated heterocycles. The third-order valence-corrected chi connectivity index (χ3v) is 5.27. The van der Waals surface area contributed by atoms with Crippen molar-refractivity contribution < 1.29 is 23.8 Å². The van der Waals surface area contributed by atoms with Gasteiger partial charge in [0, 0.05) is 39.1 Å². The van der Waals surface area contributed by atoms with E-state index in [1.54, 1.807) is 0 Å². The van der Waals surface area contributed by atoms with Crippen molar-refractivity contribution in [1.82, 2.24) is 25.6 Å². The molecule has 0 spiro atoms. The summed E-state index contributed by atoms with van der Waals surface area (Å²) in [4.78, 5) is 30.8. The number of amidine groups is 1. The highest BCUT2D eigenvalue weighted by Crippen LogP contribution is 2.30. The van der Waals surface area contributed by atoms with Crippen LogP contribution in [0.3, 0.4) is 0 Å². The van der Waals surface area contributed by atoms with E-state index in [4.69, 9.17) is 4.63 Å². The van der Waals surface area contributed by atoms with Crippen molar-refractivity contribution in [2.45, 2.75) is 6.92 Å². The molecule has 0 saturated carbocycles. The number of likely N-dealkylation sites (tertiary alicyclic amines) is 1. The summed E-state index contributed by atoms with van der Waals surface area (Å²) in [6.45, 7) is 3.13. The van der Waals surface area contributed by atoms with Gasteiger partial charge in [-0.1, -0.05) is 6.92 Å². The predicted octanol–water partition coefficient (Wildman–Crippen LogP) is 1.38. The molecule has 3 rings (SSSR count). The van der Waals surface area contributed by atoms with Gasteiger partial charge in [0.05, 0.1) is 10.2 Å². The van der Waals surface area contributed by atoms with Gasteiger partial charge in [0.15, 0.2) is 11.5 Å². The van der Waals surface area contributed by atoms with Crippen molar-refractivity contribution in [3.8, 4) is 0 Å². The van der Waals surface area contributed by atoms with E-state index in [9.17, 15) is 19.2 Å². The van der Waals surface area contributed by atoms with E-state index in [2.05, 4.69) is 36.6 Å². The third-order valence-electron chi connectivity index (χ3n) is 4.67. The molecule has 31 heavy (non-hydrogen) atoms. The number of anilines is 1. The molecule has 0 radical (unpaired) electrons. The van der Waals surface area contributed by atoms with Crippen molar-refractivity contribution in [1.29, 1.82) is 0 Å². The summed E-state index contributed by atoms with van der Waals surface area (Å²) in [6.07, 6.45) is 0. The molecule has 3 N–H and O–H groups in total. The second kappa shape index (κ2) is 8.98. The molecule has 0 unspecified atom stereocenters. The minimum absolute atomic E-state index is 0.0607. The Kier molecular flexibility index (Phi) is 6.55. The van der Waals surface area contributed by atoms with Gasteiger partial charge in [-0.2, -0.15) is 0 Å². The number of rotatable bonds is 5. The van der Waals surface area contributed by atoms with E-state index < -0.39 is 17.6 Å². The van der Waals surface area contributed by atoms with E-state index >= 15 is 0 Å². The molecule has 1 aliphatic rings. The second-order valence-corrected chi connectivity index (χ2v) is 8.51. The van der Waals surface area contributed by atoms with Gasteiger partial charge in [0.2, 0.25) is 5.82 Å². The highest BCUT2D eigenvalue weighted by Gasteiger charge is 2.43. The second-order valence-electron chi connectivity index (χ2n) is 7.66. The average Bonchev–Trinajstić information content (AvgIpc) is 3.18. The smallest absolute Gasteiger partial charge is 0.312 e. The van der Waals surface area contributed by atoms with Crippen LogP contribution in [0.15, 0.2) is 32.3 Å². The number of aliphatic imine (C=N–C) groups is 1. The summed E-state index contributed by atoms with van der Waals surface area (Å²) < 4.78 is 18.4. The van der Waals surface area contributed by atoms with Gasteiger partial charge in [-0.15, -0.1) is 0 Å². The number of hydroxylamine groups is 1. The molecule has 166 valence electrons. The van der Waals surface area contributed by atoms with Gasteiger partial charge in [0.25, 0.3) is 0 Å². The van der Waals surface area contributed by atoms with Crippen molar-refractivity contribution in [2.24, 2.45) is 10.4 Å². The van der Waals surface area contributed by atoms with Crippen LogP contribution in [0, 0.1) is 11.2 Å². The number of amides is 2. The maximum atomic E-state index is 13.4. The summed E-state index contributed by atoms with van der Waals surface area (Å²) in [5.41, 5.74) is 2.10. The van der Waals surface area contributed by atoms with Gasteiger partial charge >= 0.3 is 11.8 Å². The zero-order valence-electron chi connectivity index (χ0n) is 17.0. The van der Waals surface area contributed by atoms with Crippen LogP contribution in [0.1, 0.15) is 12.6 Å². The van der Waals surface area contributed by atoms with Gasteiger partial charge in [-0.05, 0) is 44.4 Å². The first-order valence-corrected chi connectivity index (χ1v) is 9.94. The van der Waals surface area contributed by atoms with E-state index in [1.165, 1.54) is 42.1 Å². The molecule has 2 aromatic rings. The molecule has 1 fully saturated rings. The lowest BCUT2D eigenvalue weighted by Gasteiger charge is -2.47. The van der Waals surface area contributed by atoms with Crippen molar-refractivity contribution >= 4 is 45.1 Å². The lowest BCUT2D eigenvalue weighted by Crippen LogP contribution is -2.62. The number of hydrogen-bond acceptors (Lipinski definition) is 8. The molecule has 1 aromatic heterocycles. The molecule has 1 aliphatic heterocycles. The zero-order chi connectivity index (χ0) is 22.8. The summed E-state index contributed by atoms with van der Waals surface area (Å²) in [7, 11) is 3.05. The predicted molar refractivity (Wildman–Crippen MR) is 111 cm³/mol. The number of benzene rings is 1. The van der Waals surface area contributed by atoms with Crippen LogP contribution < -0.4 is 10.8 Å². The number of likely N-dealkylation sites (N-methyl/N-ethyl adjacent to an activating group) is 1. The van der Waals surface area contributed by atoms with Crippen LogP contribution in [-0.4, -0.2) is 76.7 Å². The van der Waals surface area contributed by atoms with Crippen molar-refractivity contribution in [2.75, 3.05) is 39.0 Å². The molecular formula is C18H21BrFN7O4. The topological polar surface area (TPSA) is 136 Å². The van der Waals surface area contributed by atoms with Crippen LogP contribution in [0.4, 0.5) is 15.9 Å². The Bertz CT molecular complexity index is 1020. The Hall–Kier alpha value is -3.06. The van der Waals surface area contributed by atoms with Crippen molar-refractivity contribution in [3.63, 3.8) is 0 Å². The maximum absolute atomic E-state index is 13.4. The SMILES string of the molecule is CN(C)C(=O)C(=O)N1CC(C)(CNc2nonc2C(=Nc2ccc(F)c(Br)c2)NO)C1. The van der Waals surface area contributed by atoms with Gasteiger partial charge < -0.3 is 15.1 Å². The molecule has 2 amide bonds. The first-order chi connectivity index (χ1) is 14.6. The fraction of sp³-hybridized carbons (Fsp3) is 0.389. The quantitative estimate of drug-likeness (QED) is 0.244. The highest BCUT2D eigenvalue weighted by molar-refractivity contribution is 9.10. The third kappa shape index (κ3) is 4.99. The fourth-order valence-electron chi connectivity index (χ4n) is 3.03. The van der Waals surface area contributed by atoms with E-state index in [-0.39, 0.29) is 27.2 Å². The lowest BCUT2D eigenvalue weighted by atomic mass is 9.81. The first-order valence-electron chi connectivity index (χ1n) is 9.15. The van der Waals surface area contributed by atoms with Crippen LogP contribution in [-0.2, 0) is 9.59 Å². The Balaban J connectivity index is 1.67. The highest BCUT2D eigenvalue weighted by atomic mass is 79.9. The molecule has 11 nitrogen and oxygen atoms in total. The monoisotopic (exact) mass is 497 g/mol. The molecule has 0 bridgehead atoms. The number of halogens is 2. The zero-order valence-corrected chi connectivity index (χ0v) is 18.6. The Morgan fingerprint density at radius 1 is 1.39 bits per heavy atom. The largest absolute Gasteiger partial charge is 0.365 e. The first kappa shape index (κ1) is 22.6. The molecule has 1 aromatic carbocycles. The molecule has 0 aliphatic carbocycles. The molecule has 2 heterocycles. The number of nitrogens with one attached hydrogen (secondary N) is 2. The van der Waals surface area contributed by atoms with Crippen LogP contribution in [0.5, 0.6) is 0 Å². The Morgan fingerprint density at radius 2 is 2.10 bits per heavy atom. The number of carbonyl (C=O) groups is 2. The van der Waals surface area contributed by atoms with Crippen LogP contribution in [0.2, 0.25) is 0 Å². The van der Waals surface area contributed by atoms with Crippen molar-refractivity contribution in [3.05, 3.63) is 34.2 Å². The van der Waals surface area contributed by atoms with Gasteiger partial charge in [0.1, 0.15) is 5.82 Å². The molecule has 13 heteroatoms. The van der Waals surface area contributed by atoms with E-state index in [1.807, 2.05) is 12.4 Å². The molecular weight excluding hydrogens is 477 g/mol. The Labute approximate surface area is 185 Å². The summed E-state index contributed by atoms with van der Waals surface area (Å²) in [6, 6.07) is 4.08. The van der Waals surface area contributed by atoms with Gasteiger partial charge in [-0.3, -0.25) is 20.3 Å². The van der Waals surface area contributed by atoms with E-state index in [0.717, 1.165) is 0 Å². The number of carbonyl (C=O) groups excluding carboxylic acids is 2. The van der Waals surface area contributed by atoms with Gasteiger partial charge in [-0.25, -0.2) is 14.0 Å². The summed E-state index contributed by atoms with van der Waals surface area (Å²) in [5.74, 6) is -1.40. The normalized spacial score (nSPS) is 15.3. The fourth-order valence-corrected chi connectivity index (χ4v) is 3.40. The summed E-state index contributed by atoms with van der Waals surface area (Å²) in [5, 5.41) is 20.1. The van der Waals surface area contributed by atoms with E-state index in [0.29, 0.717) is 25.3 Å². The number of aromatic nitrogens is 2. The number of hydrogen-bond donors (Lipinski definition) is 3. The summed E-state index contributed by atoms with van der Waals surface area (Å²) >= 11 is 3.08. The van der Waals surface area contributed by atoms with Crippen LogP contribution in [0.25, 0.3) is 0 Å². The molecule has 0 atom stereocenters. The Morgan fingerprint density at radius 3 is 2.71 bits per heavy atom. The standard InChI is InChI=1S/C18H21BrFN7O4/c1-18(8-27(9-18)17(29)16(28)26(2)3)7-21-14-13(24-31-25-14)15(23-30)22-10-4-5-12(20)11(19)6-10/h4-6,30H,7-9H2,1-3H3,(H,21,25)(H,22,23). The average molecular weight is 498 g/mol. The number of nitrogens with zero attached hydrogens (tertiary/aromatic N) is 5. The lowest BCUT2D eigenvalue weighted by molar-refractivity contribution is -0.156. The van der Waals surface area contributed by atoms with Crippen LogP contribution >= 0.6 is 15.9 Å². The minimum atomic E-state index is -0.569. The maximum Gasteiger partial charge on any atom is 0.312 e.